The van der Waals surface area contributed by atoms with Crippen molar-refractivity contribution in [2.75, 3.05) is 27.2 Å². The molecule has 4 nitrogen and oxygen atoms in total. The van der Waals surface area contributed by atoms with Crippen molar-refractivity contribution in [1.82, 2.24) is 9.80 Å². The summed E-state index contributed by atoms with van der Waals surface area (Å²) in [6.07, 6.45) is 2.01. The molecule has 2 rings (SSSR count). The zero-order chi connectivity index (χ0) is 14.7. The van der Waals surface area contributed by atoms with Crippen molar-refractivity contribution >= 4 is 17.6 Å². The van der Waals surface area contributed by atoms with Crippen LogP contribution in [0.5, 0.6) is 0 Å². The van der Waals surface area contributed by atoms with Crippen LogP contribution in [0, 0.1) is 0 Å². The van der Waals surface area contributed by atoms with E-state index in [1.165, 1.54) is 0 Å². The molecule has 0 saturated carbocycles. The summed E-state index contributed by atoms with van der Waals surface area (Å²) in [6.45, 7) is 2.03. The van der Waals surface area contributed by atoms with E-state index in [0.717, 1.165) is 31.5 Å². The molecule has 1 saturated heterocycles. The van der Waals surface area contributed by atoms with Gasteiger partial charge < -0.3 is 10.0 Å². The van der Waals surface area contributed by atoms with E-state index in [2.05, 4.69) is 11.9 Å². The van der Waals surface area contributed by atoms with Crippen LogP contribution in [0.15, 0.2) is 24.3 Å². The summed E-state index contributed by atoms with van der Waals surface area (Å²) in [4.78, 5) is 15.9. The normalized spacial score (nSPS) is 19.2. The molecule has 0 amide bonds. The summed E-state index contributed by atoms with van der Waals surface area (Å²) >= 11 is 5.87. The number of hydrogen-bond acceptors (Lipinski definition) is 3. The van der Waals surface area contributed by atoms with Crippen LogP contribution in [-0.4, -0.2) is 54.1 Å². The zero-order valence-corrected chi connectivity index (χ0v) is 12.7. The van der Waals surface area contributed by atoms with Gasteiger partial charge in [0.05, 0.1) is 0 Å². The number of carbonyl (C=O) groups is 1. The molecule has 0 spiro atoms. The molecule has 110 valence electrons. The molecule has 5 heteroatoms. The molecule has 0 radical (unpaired) electrons. The lowest BCUT2D eigenvalue weighted by Gasteiger charge is -2.38. The summed E-state index contributed by atoms with van der Waals surface area (Å²) in [5, 5.41) is 10.2. The van der Waals surface area contributed by atoms with Crippen LogP contribution >= 0.6 is 11.6 Å². The molecule has 20 heavy (non-hydrogen) atoms. The smallest absolute Gasteiger partial charge is 0.325 e. The maximum Gasteiger partial charge on any atom is 0.325 e. The van der Waals surface area contributed by atoms with Gasteiger partial charge in [0.25, 0.3) is 0 Å². The Balaban J connectivity index is 2.16. The first-order valence-corrected chi connectivity index (χ1v) is 7.25. The Kier molecular flexibility index (Phi) is 5.02. The molecular formula is C15H21ClN2O2. The van der Waals surface area contributed by atoms with E-state index < -0.39 is 12.0 Å². The number of piperidine rings is 1. The van der Waals surface area contributed by atoms with Crippen LogP contribution in [0.2, 0.25) is 5.02 Å². The lowest BCUT2D eigenvalue weighted by Crippen LogP contribution is -2.45. The molecule has 1 unspecified atom stereocenters. The Morgan fingerprint density at radius 1 is 1.35 bits per heavy atom. The predicted molar refractivity (Wildman–Crippen MR) is 80.1 cm³/mol. The highest BCUT2D eigenvalue weighted by molar-refractivity contribution is 6.30. The predicted octanol–water partition coefficient (Wildman–Crippen LogP) is 2.49. The Morgan fingerprint density at radius 2 is 1.90 bits per heavy atom. The molecule has 1 atom stereocenters. The van der Waals surface area contributed by atoms with Gasteiger partial charge in [-0.15, -0.1) is 0 Å². The van der Waals surface area contributed by atoms with E-state index >= 15 is 0 Å². The molecule has 1 aliphatic heterocycles. The number of nitrogens with zero attached hydrogens (tertiary/aromatic N) is 2. The number of carboxylic acids is 1. The van der Waals surface area contributed by atoms with Gasteiger partial charge in [0.1, 0.15) is 6.04 Å². The minimum absolute atomic E-state index is 0.308. The van der Waals surface area contributed by atoms with E-state index in [0.29, 0.717) is 11.1 Å². The van der Waals surface area contributed by atoms with Crippen LogP contribution in [0.1, 0.15) is 24.4 Å². The maximum atomic E-state index is 11.6. The number of carboxylic acid groups (broad SMARTS) is 1. The topological polar surface area (TPSA) is 43.8 Å². The number of likely N-dealkylation sites (tertiary alicyclic amines) is 1. The summed E-state index contributed by atoms with van der Waals surface area (Å²) in [7, 11) is 4.01. The Hall–Kier alpha value is -1.10. The van der Waals surface area contributed by atoms with Crippen molar-refractivity contribution in [2.45, 2.75) is 24.9 Å². The van der Waals surface area contributed by atoms with Crippen molar-refractivity contribution in [3.8, 4) is 0 Å². The van der Waals surface area contributed by atoms with Gasteiger partial charge in [0, 0.05) is 11.1 Å². The lowest BCUT2D eigenvalue weighted by atomic mass is 9.99. The molecule has 1 aliphatic rings. The third-order valence-electron chi connectivity index (χ3n) is 4.09. The number of aliphatic carboxylic acids is 1. The SMILES string of the molecule is CN1CCC(N(C)C(C(=O)O)c2ccc(Cl)cc2)CC1. The number of halogens is 1. The average molecular weight is 297 g/mol. The molecule has 0 aliphatic carbocycles. The maximum absolute atomic E-state index is 11.6. The number of rotatable bonds is 4. The third kappa shape index (κ3) is 3.51. The van der Waals surface area contributed by atoms with Crippen LogP contribution < -0.4 is 0 Å². The van der Waals surface area contributed by atoms with E-state index in [-0.39, 0.29) is 0 Å². The lowest BCUT2D eigenvalue weighted by molar-refractivity contribution is -0.144. The number of hydrogen-bond donors (Lipinski definition) is 1. The summed E-state index contributed by atoms with van der Waals surface area (Å²) < 4.78 is 0. The van der Waals surface area contributed by atoms with Crippen LogP contribution in [-0.2, 0) is 4.79 Å². The van der Waals surface area contributed by atoms with Crippen molar-refractivity contribution in [3.05, 3.63) is 34.9 Å². The molecule has 1 N–H and O–H groups in total. The summed E-state index contributed by atoms with van der Waals surface area (Å²) in [5.41, 5.74) is 0.781. The molecule has 1 fully saturated rings. The Bertz CT molecular complexity index is 455. The highest BCUT2D eigenvalue weighted by Crippen LogP contribution is 2.27. The van der Waals surface area contributed by atoms with Crippen molar-refractivity contribution in [2.24, 2.45) is 0 Å². The molecule has 1 aromatic rings. The van der Waals surface area contributed by atoms with Crippen molar-refractivity contribution < 1.29 is 9.90 Å². The molecule has 1 aromatic carbocycles. The Labute approximate surface area is 124 Å². The quantitative estimate of drug-likeness (QED) is 0.927. The Morgan fingerprint density at radius 3 is 2.40 bits per heavy atom. The minimum atomic E-state index is -0.811. The monoisotopic (exact) mass is 296 g/mol. The molecule has 1 heterocycles. The van der Waals surface area contributed by atoms with E-state index in [4.69, 9.17) is 11.6 Å². The van der Waals surface area contributed by atoms with E-state index in [1.54, 1.807) is 24.3 Å². The van der Waals surface area contributed by atoms with Gasteiger partial charge in [-0.05, 0) is 57.7 Å². The average Bonchev–Trinajstić information content (AvgIpc) is 2.41. The molecule has 0 aromatic heterocycles. The van der Waals surface area contributed by atoms with Crippen LogP contribution in [0.4, 0.5) is 0 Å². The largest absolute Gasteiger partial charge is 0.480 e. The molecular weight excluding hydrogens is 276 g/mol. The second kappa shape index (κ2) is 6.57. The van der Waals surface area contributed by atoms with Gasteiger partial charge in [-0.2, -0.15) is 0 Å². The first kappa shape index (κ1) is 15.3. The van der Waals surface area contributed by atoms with Crippen LogP contribution in [0.3, 0.4) is 0 Å². The minimum Gasteiger partial charge on any atom is -0.480 e. The fraction of sp³-hybridized carbons (Fsp3) is 0.533. The highest BCUT2D eigenvalue weighted by Gasteiger charge is 2.31. The van der Waals surface area contributed by atoms with Gasteiger partial charge in [0.2, 0.25) is 0 Å². The second-order valence-electron chi connectivity index (χ2n) is 5.49. The fourth-order valence-electron chi connectivity index (χ4n) is 2.81. The van der Waals surface area contributed by atoms with Gasteiger partial charge in [-0.25, -0.2) is 0 Å². The molecule has 0 bridgehead atoms. The van der Waals surface area contributed by atoms with Crippen molar-refractivity contribution in [3.63, 3.8) is 0 Å². The zero-order valence-electron chi connectivity index (χ0n) is 11.9. The standard InChI is InChI=1S/C15H21ClN2O2/c1-17-9-7-13(8-10-17)18(2)14(15(19)20)11-3-5-12(16)6-4-11/h3-6,13-14H,7-10H2,1-2H3,(H,19,20). The first-order chi connectivity index (χ1) is 9.49. The van der Waals surface area contributed by atoms with E-state index in [1.807, 2.05) is 11.9 Å². The van der Waals surface area contributed by atoms with E-state index in [9.17, 15) is 9.90 Å². The van der Waals surface area contributed by atoms with Gasteiger partial charge in [-0.1, -0.05) is 23.7 Å². The summed E-state index contributed by atoms with van der Waals surface area (Å²) in [6, 6.07) is 6.78. The second-order valence-corrected chi connectivity index (χ2v) is 5.93. The number of benzene rings is 1. The van der Waals surface area contributed by atoms with Crippen molar-refractivity contribution in [1.29, 1.82) is 0 Å². The van der Waals surface area contributed by atoms with Gasteiger partial charge in [0.15, 0.2) is 0 Å². The fourth-order valence-corrected chi connectivity index (χ4v) is 2.94. The van der Waals surface area contributed by atoms with Gasteiger partial charge >= 0.3 is 5.97 Å². The van der Waals surface area contributed by atoms with Gasteiger partial charge in [-0.3, -0.25) is 9.69 Å². The third-order valence-corrected chi connectivity index (χ3v) is 4.34. The van der Waals surface area contributed by atoms with Crippen LogP contribution in [0.25, 0.3) is 0 Å². The highest BCUT2D eigenvalue weighted by atomic mass is 35.5. The number of likely N-dealkylation sites (N-methyl/N-ethyl adjacent to an activating group) is 1. The summed E-state index contributed by atoms with van der Waals surface area (Å²) in [5.74, 6) is -0.811. The first-order valence-electron chi connectivity index (χ1n) is 6.88.